The Labute approximate surface area is 205 Å². The van der Waals surface area contributed by atoms with Crippen molar-refractivity contribution in [3.8, 4) is 0 Å². The zero-order chi connectivity index (χ0) is 25.0. The number of hydrogen-bond acceptors (Lipinski definition) is 10. The van der Waals surface area contributed by atoms with Crippen molar-refractivity contribution < 1.29 is 22.3 Å². The van der Waals surface area contributed by atoms with E-state index in [1.807, 2.05) is 4.90 Å². The average molecular weight is 515 g/mol. The van der Waals surface area contributed by atoms with Crippen molar-refractivity contribution in [2.45, 2.75) is 36.6 Å². The first-order valence-electron chi connectivity index (χ1n) is 12.0. The molecular weight excluding hydrogens is 479 g/mol. The van der Waals surface area contributed by atoms with Gasteiger partial charge in [0.15, 0.2) is 0 Å². The van der Waals surface area contributed by atoms with Crippen LogP contribution in [0, 0.1) is 5.92 Å². The van der Waals surface area contributed by atoms with Gasteiger partial charge in [-0.15, -0.1) is 0 Å². The Balaban J connectivity index is 1.41. The van der Waals surface area contributed by atoms with Crippen LogP contribution < -0.4 is 32.3 Å². The van der Waals surface area contributed by atoms with Gasteiger partial charge in [0, 0.05) is 45.5 Å². The number of hydrogen-bond donors (Lipinski definition) is 5. The molecule has 3 saturated heterocycles. The van der Waals surface area contributed by atoms with Crippen LogP contribution in [0.3, 0.4) is 0 Å². The topological polar surface area (TPSA) is 168 Å². The van der Waals surface area contributed by atoms with Gasteiger partial charge >= 0.3 is 0 Å². The van der Waals surface area contributed by atoms with Gasteiger partial charge in [-0.05, 0) is 18.9 Å². The molecule has 196 valence electrons. The maximum absolute atomic E-state index is 13.5. The highest BCUT2D eigenvalue weighted by molar-refractivity contribution is 7.89. The predicted octanol–water partition coefficient (Wildman–Crippen LogP) is -1.63. The minimum atomic E-state index is -3.38. The molecule has 35 heavy (non-hydrogen) atoms. The summed E-state index contributed by atoms with van der Waals surface area (Å²) in [6, 6.07) is 1.79. The highest BCUT2D eigenvalue weighted by atomic mass is 32.2. The Morgan fingerprint density at radius 3 is 2.46 bits per heavy atom. The first-order valence-corrected chi connectivity index (χ1v) is 13.5. The SMILES string of the molecule is NC(N)C(C(=O)Nc1cnccc1N1CCC(S(=O)(=O)N2CCOCC2)CC1)C1NCC(F)CN1. The van der Waals surface area contributed by atoms with Crippen LogP contribution in [0.2, 0.25) is 0 Å². The number of aromatic nitrogens is 1. The highest BCUT2D eigenvalue weighted by Crippen LogP contribution is 2.30. The number of anilines is 2. The number of sulfonamides is 1. The summed E-state index contributed by atoms with van der Waals surface area (Å²) in [6.45, 7) is 2.88. The lowest BCUT2D eigenvalue weighted by atomic mass is 9.99. The number of nitrogens with two attached hydrogens (primary N) is 2. The minimum Gasteiger partial charge on any atom is -0.379 e. The number of morpholine rings is 1. The summed E-state index contributed by atoms with van der Waals surface area (Å²) >= 11 is 0. The second-order valence-electron chi connectivity index (χ2n) is 9.12. The number of pyridine rings is 1. The fourth-order valence-corrected chi connectivity index (χ4v) is 6.72. The van der Waals surface area contributed by atoms with Crippen molar-refractivity contribution in [3.63, 3.8) is 0 Å². The third-order valence-electron chi connectivity index (χ3n) is 6.78. The molecule has 0 bridgehead atoms. The van der Waals surface area contributed by atoms with Gasteiger partial charge in [-0.1, -0.05) is 0 Å². The molecule has 1 amide bonds. The van der Waals surface area contributed by atoms with Crippen molar-refractivity contribution in [1.29, 1.82) is 0 Å². The zero-order valence-corrected chi connectivity index (χ0v) is 20.4. The molecule has 1 aromatic rings. The number of carbonyl (C=O) groups excluding carboxylic acids is 1. The summed E-state index contributed by atoms with van der Waals surface area (Å²) in [6.07, 6.45) is 1.53. The molecule has 14 heteroatoms. The van der Waals surface area contributed by atoms with Crippen molar-refractivity contribution in [2.24, 2.45) is 17.4 Å². The Kier molecular flexibility index (Phi) is 8.52. The summed E-state index contributed by atoms with van der Waals surface area (Å²) < 4.78 is 46.4. The molecule has 1 atom stereocenters. The Hall–Kier alpha value is -1.94. The number of amides is 1. The Morgan fingerprint density at radius 2 is 1.83 bits per heavy atom. The van der Waals surface area contributed by atoms with Crippen molar-refractivity contribution in [3.05, 3.63) is 18.5 Å². The number of nitrogens with one attached hydrogen (secondary N) is 3. The maximum atomic E-state index is 13.5. The van der Waals surface area contributed by atoms with Gasteiger partial charge in [0.05, 0.1) is 54.3 Å². The molecule has 4 heterocycles. The molecule has 0 spiro atoms. The summed E-state index contributed by atoms with van der Waals surface area (Å²) in [7, 11) is -3.38. The van der Waals surface area contributed by atoms with Crippen LogP contribution in [-0.4, -0.2) is 99.8 Å². The van der Waals surface area contributed by atoms with Gasteiger partial charge in [0.2, 0.25) is 15.9 Å². The van der Waals surface area contributed by atoms with Crippen molar-refractivity contribution >= 4 is 27.3 Å². The van der Waals surface area contributed by atoms with Gasteiger partial charge in [0.25, 0.3) is 0 Å². The van der Waals surface area contributed by atoms with E-state index in [1.165, 1.54) is 4.31 Å². The molecule has 0 aliphatic carbocycles. The Bertz CT molecular complexity index is 962. The van der Waals surface area contributed by atoms with Crippen LogP contribution in [0.25, 0.3) is 0 Å². The third kappa shape index (κ3) is 6.07. The Morgan fingerprint density at radius 1 is 1.17 bits per heavy atom. The van der Waals surface area contributed by atoms with Gasteiger partial charge < -0.3 is 26.4 Å². The first kappa shape index (κ1) is 26.1. The van der Waals surface area contributed by atoms with Crippen LogP contribution in [0.5, 0.6) is 0 Å². The van der Waals surface area contributed by atoms with Crippen molar-refractivity contribution in [1.82, 2.24) is 19.9 Å². The van der Waals surface area contributed by atoms with E-state index < -0.39 is 45.6 Å². The lowest BCUT2D eigenvalue weighted by Gasteiger charge is -2.37. The number of carbonyl (C=O) groups is 1. The van der Waals surface area contributed by atoms with E-state index in [4.69, 9.17) is 16.2 Å². The van der Waals surface area contributed by atoms with E-state index >= 15 is 0 Å². The summed E-state index contributed by atoms with van der Waals surface area (Å²) in [5.74, 6) is -1.26. The lowest BCUT2D eigenvalue weighted by Crippen LogP contribution is -2.64. The molecule has 1 aromatic heterocycles. The summed E-state index contributed by atoms with van der Waals surface area (Å²) in [5, 5.41) is 8.31. The molecule has 7 N–H and O–H groups in total. The average Bonchev–Trinajstić information content (AvgIpc) is 2.86. The van der Waals surface area contributed by atoms with Gasteiger partial charge in [-0.2, -0.15) is 4.31 Å². The smallest absolute Gasteiger partial charge is 0.233 e. The molecule has 0 radical (unpaired) electrons. The number of nitrogens with zero attached hydrogens (tertiary/aromatic N) is 3. The number of halogens is 1. The monoisotopic (exact) mass is 514 g/mol. The summed E-state index contributed by atoms with van der Waals surface area (Å²) in [5.41, 5.74) is 13.0. The molecule has 0 saturated carbocycles. The molecule has 3 fully saturated rings. The highest BCUT2D eigenvalue weighted by Gasteiger charge is 2.37. The second-order valence-corrected chi connectivity index (χ2v) is 11.3. The van der Waals surface area contributed by atoms with Crippen LogP contribution in [0.4, 0.5) is 15.8 Å². The molecule has 3 aliphatic rings. The fourth-order valence-electron chi connectivity index (χ4n) is 4.84. The van der Waals surface area contributed by atoms with Crippen molar-refractivity contribution in [2.75, 3.05) is 62.7 Å². The quantitative estimate of drug-likeness (QED) is 0.266. The van der Waals surface area contributed by atoms with E-state index in [0.717, 1.165) is 5.69 Å². The molecule has 1 unspecified atom stereocenters. The largest absolute Gasteiger partial charge is 0.379 e. The zero-order valence-electron chi connectivity index (χ0n) is 19.6. The van der Waals surface area contributed by atoms with Crippen LogP contribution in [-0.2, 0) is 19.6 Å². The number of alkyl halides is 1. The number of ether oxygens (including phenoxy) is 1. The third-order valence-corrected chi connectivity index (χ3v) is 9.18. The van der Waals surface area contributed by atoms with Crippen LogP contribution >= 0.6 is 0 Å². The normalized spacial score (nSPS) is 26.0. The first-order chi connectivity index (χ1) is 16.8. The minimum absolute atomic E-state index is 0.106. The van der Waals surface area contributed by atoms with E-state index in [0.29, 0.717) is 57.9 Å². The van der Waals surface area contributed by atoms with Gasteiger partial charge in [-0.25, -0.2) is 12.8 Å². The molecule has 3 aliphatic heterocycles. The van der Waals surface area contributed by atoms with E-state index in [1.54, 1.807) is 18.5 Å². The molecule has 12 nitrogen and oxygen atoms in total. The standard InChI is InChI=1S/C21H35FN8O4S/c22-14-11-26-20(27-12-14)18(19(23)24)21(31)28-16-13-25-4-1-17(16)29-5-2-15(3-6-29)35(32,33)30-7-9-34-10-8-30/h1,4,13-15,18-20,26-27H,2-3,5-12,23-24H2,(H,28,31). The van der Waals surface area contributed by atoms with E-state index in [9.17, 15) is 17.6 Å². The molecular formula is C21H35FN8O4S. The van der Waals surface area contributed by atoms with Crippen LogP contribution in [0.15, 0.2) is 18.5 Å². The fraction of sp³-hybridized carbons (Fsp3) is 0.714. The number of piperidine rings is 1. The number of rotatable bonds is 7. The van der Waals surface area contributed by atoms with E-state index in [2.05, 4.69) is 20.9 Å². The predicted molar refractivity (Wildman–Crippen MR) is 130 cm³/mol. The molecule has 4 rings (SSSR count). The molecule has 0 aromatic carbocycles. The van der Waals surface area contributed by atoms with Gasteiger partial charge in [-0.3, -0.25) is 20.4 Å². The maximum Gasteiger partial charge on any atom is 0.233 e. The van der Waals surface area contributed by atoms with E-state index in [-0.39, 0.29) is 13.1 Å². The second kappa shape index (κ2) is 11.4. The lowest BCUT2D eigenvalue weighted by molar-refractivity contribution is -0.122. The van der Waals surface area contributed by atoms with Gasteiger partial charge in [0.1, 0.15) is 6.17 Å². The van der Waals surface area contributed by atoms with Crippen LogP contribution in [0.1, 0.15) is 12.8 Å². The summed E-state index contributed by atoms with van der Waals surface area (Å²) in [4.78, 5) is 19.3.